The molecule has 278 valence electrons. The van der Waals surface area contributed by atoms with E-state index in [9.17, 15) is 0 Å². The maximum atomic E-state index is 4.21. The minimum Gasteiger partial charge on any atom is -0.309 e. The van der Waals surface area contributed by atoms with Gasteiger partial charge in [-0.3, -0.25) is 0 Å². The number of hydrogen-bond acceptors (Lipinski definition) is 2. The van der Waals surface area contributed by atoms with Crippen molar-refractivity contribution in [2.45, 2.75) is 6.92 Å². The molecule has 0 unspecified atom stereocenters. The van der Waals surface area contributed by atoms with Crippen LogP contribution in [0.1, 0.15) is 22.9 Å². The average molecular weight is 789 g/mol. The Morgan fingerprint density at radius 1 is 0.492 bits per heavy atom. The highest BCUT2D eigenvalue weighted by atomic mass is 32.1. The first-order valence-corrected chi connectivity index (χ1v) is 21.7. The van der Waals surface area contributed by atoms with Crippen LogP contribution in [-0.4, -0.2) is 9.13 Å². The van der Waals surface area contributed by atoms with Crippen LogP contribution < -0.4 is 0 Å². The van der Waals surface area contributed by atoms with Crippen molar-refractivity contribution < 1.29 is 0 Å². The molecule has 0 aliphatic heterocycles. The topological polar surface area (TPSA) is 9.86 Å². The van der Waals surface area contributed by atoms with Crippen molar-refractivity contribution in [2.24, 2.45) is 0 Å². The summed E-state index contributed by atoms with van der Waals surface area (Å²) in [5, 5.41) is 8.84. The molecular formula is C55H36N2S2. The zero-order chi connectivity index (χ0) is 39.2. The molecule has 0 bridgehead atoms. The number of hydrogen-bond donors (Lipinski definition) is 0. The average Bonchev–Trinajstić information content (AvgIpc) is 4.04. The molecule has 0 radical (unpaired) electrons. The van der Waals surface area contributed by atoms with Crippen LogP contribution in [-0.2, 0) is 0 Å². The molecule has 0 saturated heterocycles. The van der Waals surface area contributed by atoms with Crippen LogP contribution in [0.4, 0.5) is 0 Å². The quantitative estimate of drug-likeness (QED) is 0.159. The van der Waals surface area contributed by atoms with E-state index in [-0.39, 0.29) is 0 Å². The lowest BCUT2D eigenvalue weighted by molar-refractivity contribution is 1.18. The summed E-state index contributed by atoms with van der Waals surface area (Å²) in [5.41, 5.74) is 13.2. The second-order valence-corrected chi connectivity index (χ2v) is 17.5. The molecule has 0 saturated carbocycles. The molecule has 12 aromatic rings. The third kappa shape index (κ3) is 5.17. The van der Waals surface area contributed by atoms with Gasteiger partial charge in [0.05, 0.1) is 22.1 Å². The van der Waals surface area contributed by atoms with E-state index in [0.29, 0.717) is 0 Å². The third-order valence-electron chi connectivity index (χ3n) is 12.0. The Balaban J connectivity index is 1.14. The molecule has 8 aromatic carbocycles. The maximum Gasteiger partial charge on any atom is 0.0619 e. The van der Waals surface area contributed by atoms with Gasteiger partial charge >= 0.3 is 0 Å². The summed E-state index contributed by atoms with van der Waals surface area (Å²) in [6.07, 6.45) is 4.39. The highest BCUT2D eigenvalue weighted by Crippen LogP contribution is 2.45. The number of benzene rings is 8. The van der Waals surface area contributed by atoms with E-state index in [1.165, 1.54) is 107 Å². The van der Waals surface area contributed by atoms with Crippen LogP contribution in [0.2, 0.25) is 0 Å². The number of aromatic nitrogens is 2. The van der Waals surface area contributed by atoms with Crippen LogP contribution in [0.5, 0.6) is 0 Å². The summed E-state index contributed by atoms with van der Waals surface area (Å²) in [5.74, 6) is 0. The molecule has 4 aromatic heterocycles. The molecular weight excluding hydrogens is 753 g/mol. The highest BCUT2D eigenvalue weighted by molar-refractivity contribution is 7.26. The van der Waals surface area contributed by atoms with Crippen molar-refractivity contribution in [3.63, 3.8) is 0 Å². The lowest BCUT2D eigenvalue weighted by atomic mass is 9.99. The summed E-state index contributed by atoms with van der Waals surface area (Å²) in [6.45, 7) is 6.48. The normalized spacial score (nSPS) is 12.3. The summed E-state index contributed by atoms with van der Waals surface area (Å²) < 4.78 is 8.82. The molecule has 0 aliphatic carbocycles. The fraction of sp³-hybridized carbons (Fsp3) is 0.0182. The van der Waals surface area contributed by atoms with E-state index >= 15 is 0 Å². The van der Waals surface area contributed by atoms with Gasteiger partial charge in [-0.15, -0.1) is 22.7 Å². The van der Waals surface area contributed by atoms with Crippen molar-refractivity contribution in [3.8, 4) is 22.5 Å². The minimum absolute atomic E-state index is 1.16. The lowest BCUT2D eigenvalue weighted by Gasteiger charge is -2.14. The van der Waals surface area contributed by atoms with Gasteiger partial charge in [-0.05, 0) is 84.3 Å². The first-order chi connectivity index (χ1) is 29.1. The van der Waals surface area contributed by atoms with Crippen molar-refractivity contribution in [1.82, 2.24) is 9.13 Å². The van der Waals surface area contributed by atoms with Crippen LogP contribution in [0, 0.1) is 0 Å². The first-order valence-electron chi connectivity index (χ1n) is 20.0. The van der Waals surface area contributed by atoms with Gasteiger partial charge in [-0.2, -0.15) is 0 Å². The van der Waals surface area contributed by atoms with E-state index in [1.54, 1.807) is 0 Å². The van der Waals surface area contributed by atoms with E-state index < -0.39 is 0 Å². The fourth-order valence-corrected chi connectivity index (χ4v) is 11.7. The van der Waals surface area contributed by atoms with Gasteiger partial charge in [0.15, 0.2) is 0 Å². The summed E-state index contributed by atoms with van der Waals surface area (Å²) >= 11 is 3.70. The highest BCUT2D eigenvalue weighted by Gasteiger charge is 2.21. The maximum absolute atomic E-state index is 4.21. The van der Waals surface area contributed by atoms with Gasteiger partial charge in [-0.1, -0.05) is 134 Å². The number of thiophene rings is 2. The Bertz CT molecular complexity index is 3700. The van der Waals surface area contributed by atoms with E-state index in [4.69, 9.17) is 0 Å². The number of rotatable bonds is 6. The second kappa shape index (κ2) is 13.3. The molecule has 59 heavy (non-hydrogen) atoms. The largest absolute Gasteiger partial charge is 0.309 e. The van der Waals surface area contributed by atoms with E-state index in [2.05, 4.69) is 205 Å². The van der Waals surface area contributed by atoms with Crippen molar-refractivity contribution >= 4 is 114 Å². The standard InChI is InChI=1S/C55H36N2S2/c1-3-51-46(42-20-9-13-26-52(42)58-51)30-34(2)45-32-37(33-47-43-21-10-14-27-53(43)59-55(45)47)56-48-24-11-7-18-39(48)41-29-28-35(31-50(41)56)38-22-15-23-44-40-19-8-12-25-49(40)57(54(38)44)36-16-5-4-6-17-36/h3-33H,1H2,2H3/b34-30+. The van der Waals surface area contributed by atoms with Crippen LogP contribution in [0.15, 0.2) is 183 Å². The summed E-state index contributed by atoms with van der Waals surface area (Å²) in [4.78, 5) is 1.20. The monoisotopic (exact) mass is 788 g/mol. The Morgan fingerprint density at radius 2 is 1.12 bits per heavy atom. The van der Waals surface area contributed by atoms with E-state index in [1.807, 2.05) is 28.7 Å². The molecule has 0 spiro atoms. The van der Waals surface area contributed by atoms with Gasteiger partial charge < -0.3 is 9.13 Å². The van der Waals surface area contributed by atoms with E-state index in [0.717, 1.165) is 11.4 Å². The lowest BCUT2D eigenvalue weighted by Crippen LogP contribution is -1.97. The van der Waals surface area contributed by atoms with Gasteiger partial charge in [0.1, 0.15) is 0 Å². The second-order valence-electron chi connectivity index (χ2n) is 15.4. The summed E-state index contributed by atoms with van der Waals surface area (Å²) in [7, 11) is 0. The van der Waals surface area contributed by atoms with Gasteiger partial charge in [0.2, 0.25) is 0 Å². The van der Waals surface area contributed by atoms with Gasteiger partial charge in [0.25, 0.3) is 0 Å². The Kier molecular flexibility index (Phi) is 7.68. The molecule has 0 fully saturated rings. The Labute approximate surface area is 349 Å². The van der Waals surface area contributed by atoms with Crippen molar-refractivity contribution in [2.75, 3.05) is 0 Å². The zero-order valence-corrected chi connectivity index (χ0v) is 33.9. The molecule has 0 atom stereocenters. The van der Waals surface area contributed by atoms with Crippen LogP contribution >= 0.6 is 22.7 Å². The molecule has 2 nitrogen and oxygen atoms in total. The van der Waals surface area contributed by atoms with Crippen molar-refractivity contribution in [3.05, 3.63) is 199 Å². The number of nitrogens with zero attached hydrogens (tertiary/aromatic N) is 2. The fourth-order valence-electron chi connectivity index (χ4n) is 9.43. The Hall–Kier alpha value is -6.98. The van der Waals surface area contributed by atoms with Crippen molar-refractivity contribution in [1.29, 1.82) is 0 Å². The molecule has 4 heterocycles. The SMILES string of the molecule is C=Cc1sc2ccccc2c1/C=C(\C)c1cc(-n2c3ccccc3c3ccc(-c4cccc5c6ccccc6n(-c6ccccc6)c45)cc32)cc2c1sc1ccccc12. The minimum atomic E-state index is 1.16. The third-order valence-corrected chi connectivity index (χ3v) is 14.5. The smallest absolute Gasteiger partial charge is 0.0619 e. The number of fused-ring (bicyclic) bond motifs is 10. The first kappa shape index (κ1) is 34.1. The zero-order valence-electron chi connectivity index (χ0n) is 32.3. The molecule has 12 rings (SSSR count). The predicted octanol–water partition coefficient (Wildman–Crippen LogP) is 16.3. The number of para-hydroxylation sites is 4. The van der Waals surface area contributed by atoms with Crippen LogP contribution in [0.25, 0.3) is 114 Å². The molecule has 0 aliphatic rings. The van der Waals surface area contributed by atoms with Gasteiger partial charge in [-0.25, -0.2) is 0 Å². The molecule has 4 heteroatoms. The van der Waals surface area contributed by atoms with Gasteiger partial charge in [0, 0.05) is 79.2 Å². The molecule has 0 amide bonds. The predicted molar refractivity (Wildman–Crippen MR) is 259 cm³/mol. The van der Waals surface area contributed by atoms with Crippen LogP contribution in [0.3, 0.4) is 0 Å². The molecule has 0 N–H and O–H groups in total. The Morgan fingerprint density at radius 3 is 1.90 bits per heavy atom. The number of allylic oxidation sites excluding steroid dienone is 1. The summed E-state index contributed by atoms with van der Waals surface area (Å²) in [6, 6.07) is 64.7.